The number of likely N-dealkylation sites (N-methyl/N-ethyl adjacent to an activating group) is 1. The summed E-state index contributed by atoms with van der Waals surface area (Å²) in [6, 6.07) is 0. The molecule has 0 aliphatic carbocycles. The second kappa shape index (κ2) is 5.67. The number of hydrogen-bond acceptors (Lipinski definition) is 6. The Kier molecular flexibility index (Phi) is 4.51. The molecule has 6 heteroatoms. The minimum absolute atomic E-state index is 0.356. The summed E-state index contributed by atoms with van der Waals surface area (Å²) in [4.78, 5) is 17.3. The molecule has 0 saturated carbocycles. The number of esters is 1. The van der Waals surface area contributed by atoms with Gasteiger partial charge in [-0.1, -0.05) is 0 Å². The van der Waals surface area contributed by atoms with Crippen LogP contribution in [0.5, 0.6) is 0 Å². The van der Waals surface area contributed by atoms with E-state index in [4.69, 9.17) is 0 Å². The van der Waals surface area contributed by atoms with Crippen LogP contribution in [0.1, 0.15) is 10.5 Å². The minimum atomic E-state index is -0.396. The van der Waals surface area contributed by atoms with Gasteiger partial charge in [0, 0.05) is 18.5 Å². The van der Waals surface area contributed by atoms with E-state index in [1.807, 2.05) is 14.1 Å². The van der Waals surface area contributed by atoms with E-state index in [1.165, 1.54) is 18.4 Å². The van der Waals surface area contributed by atoms with Gasteiger partial charge in [0.15, 0.2) is 10.8 Å². The van der Waals surface area contributed by atoms with Crippen molar-refractivity contribution in [1.82, 2.24) is 9.88 Å². The molecule has 1 aromatic rings. The zero-order valence-electron chi connectivity index (χ0n) is 9.11. The number of carbonyl (C=O) groups excluding carboxylic acids is 1. The minimum Gasteiger partial charge on any atom is -0.464 e. The molecule has 0 radical (unpaired) electrons. The Morgan fingerprint density at radius 2 is 2.40 bits per heavy atom. The van der Waals surface area contributed by atoms with Gasteiger partial charge in [-0.05, 0) is 14.1 Å². The molecule has 0 aromatic carbocycles. The molecule has 0 fully saturated rings. The van der Waals surface area contributed by atoms with Crippen molar-refractivity contribution in [2.45, 2.75) is 0 Å². The number of nitrogens with zero attached hydrogens (tertiary/aromatic N) is 2. The van der Waals surface area contributed by atoms with Gasteiger partial charge in [-0.3, -0.25) is 0 Å². The molecule has 0 bridgehead atoms. The van der Waals surface area contributed by atoms with Crippen molar-refractivity contribution in [1.29, 1.82) is 0 Å². The third kappa shape index (κ3) is 3.85. The smallest absolute Gasteiger partial charge is 0.357 e. The van der Waals surface area contributed by atoms with E-state index in [-0.39, 0.29) is 0 Å². The summed E-state index contributed by atoms with van der Waals surface area (Å²) >= 11 is 1.40. The summed E-state index contributed by atoms with van der Waals surface area (Å²) in [5.74, 6) is -0.396. The second-order valence-corrected chi connectivity index (χ2v) is 4.12. The summed E-state index contributed by atoms with van der Waals surface area (Å²) < 4.78 is 4.56. The Morgan fingerprint density at radius 1 is 1.67 bits per heavy atom. The average Bonchev–Trinajstić information content (AvgIpc) is 2.65. The molecule has 5 nitrogen and oxygen atoms in total. The Labute approximate surface area is 93.1 Å². The number of methoxy groups -OCH3 is 1. The Bertz CT molecular complexity index is 325. The lowest BCUT2D eigenvalue weighted by Crippen LogP contribution is -2.20. The largest absolute Gasteiger partial charge is 0.464 e. The third-order valence-corrected chi connectivity index (χ3v) is 2.53. The molecule has 0 amide bonds. The number of rotatable bonds is 5. The van der Waals surface area contributed by atoms with Gasteiger partial charge in [0.25, 0.3) is 0 Å². The van der Waals surface area contributed by atoms with Gasteiger partial charge < -0.3 is 15.0 Å². The van der Waals surface area contributed by atoms with E-state index in [0.29, 0.717) is 5.69 Å². The molecule has 1 heterocycles. The number of anilines is 1. The summed E-state index contributed by atoms with van der Waals surface area (Å²) in [5.41, 5.74) is 0.356. The second-order valence-electron chi connectivity index (χ2n) is 3.26. The molecule has 1 N–H and O–H groups in total. The number of carbonyl (C=O) groups is 1. The highest BCUT2D eigenvalue weighted by Gasteiger charge is 2.09. The summed E-state index contributed by atoms with van der Waals surface area (Å²) in [6.07, 6.45) is 0. The van der Waals surface area contributed by atoms with Gasteiger partial charge in [-0.25, -0.2) is 9.78 Å². The van der Waals surface area contributed by atoms with Crippen LogP contribution < -0.4 is 5.32 Å². The first-order chi connectivity index (χ1) is 7.13. The van der Waals surface area contributed by atoms with E-state index in [0.717, 1.165) is 18.2 Å². The van der Waals surface area contributed by atoms with Crippen molar-refractivity contribution in [3.05, 3.63) is 11.1 Å². The van der Waals surface area contributed by atoms with Crippen LogP contribution in [0.25, 0.3) is 0 Å². The van der Waals surface area contributed by atoms with Crippen LogP contribution in [-0.2, 0) is 4.74 Å². The number of ether oxygens (including phenoxy) is 1. The average molecular weight is 229 g/mol. The molecule has 1 aromatic heterocycles. The lowest BCUT2D eigenvalue weighted by Gasteiger charge is -2.08. The summed E-state index contributed by atoms with van der Waals surface area (Å²) in [6.45, 7) is 1.73. The van der Waals surface area contributed by atoms with Crippen LogP contribution in [-0.4, -0.2) is 50.1 Å². The quantitative estimate of drug-likeness (QED) is 0.760. The predicted octanol–water partition coefficient (Wildman–Crippen LogP) is 0.903. The number of aromatic nitrogens is 1. The first-order valence-corrected chi connectivity index (χ1v) is 5.44. The maximum atomic E-state index is 11.1. The lowest BCUT2D eigenvalue weighted by atomic mass is 10.5. The SMILES string of the molecule is COC(=O)c1csc(NCCN(C)C)n1. The van der Waals surface area contributed by atoms with E-state index >= 15 is 0 Å². The summed E-state index contributed by atoms with van der Waals surface area (Å²) in [5, 5.41) is 5.57. The number of thiazole rings is 1. The molecule has 0 aliphatic heterocycles. The van der Waals surface area contributed by atoms with Crippen molar-refractivity contribution < 1.29 is 9.53 Å². The number of hydrogen-bond donors (Lipinski definition) is 1. The van der Waals surface area contributed by atoms with E-state index < -0.39 is 5.97 Å². The molecule has 0 atom stereocenters. The van der Waals surface area contributed by atoms with Crippen LogP contribution >= 0.6 is 11.3 Å². The fourth-order valence-corrected chi connectivity index (χ4v) is 1.65. The fraction of sp³-hybridized carbons (Fsp3) is 0.556. The Hall–Kier alpha value is -1.14. The maximum Gasteiger partial charge on any atom is 0.357 e. The molecule has 15 heavy (non-hydrogen) atoms. The topological polar surface area (TPSA) is 54.5 Å². The summed E-state index contributed by atoms with van der Waals surface area (Å²) in [7, 11) is 5.35. The van der Waals surface area contributed by atoms with Gasteiger partial charge in [-0.2, -0.15) is 0 Å². The third-order valence-electron chi connectivity index (χ3n) is 1.73. The number of nitrogens with one attached hydrogen (secondary N) is 1. The van der Waals surface area contributed by atoms with Gasteiger partial charge >= 0.3 is 5.97 Å². The first-order valence-electron chi connectivity index (χ1n) is 4.56. The van der Waals surface area contributed by atoms with Crippen molar-refractivity contribution in [3.63, 3.8) is 0 Å². The lowest BCUT2D eigenvalue weighted by molar-refractivity contribution is 0.0595. The van der Waals surface area contributed by atoms with E-state index in [1.54, 1.807) is 5.38 Å². The molecule has 0 unspecified atom stereocenters. The van der Waals surface area contributed by atoms with Gasteiger partial charge in [0.1, 0.15) is 0 Å². The van der Waals surface area contributed by atoms with Crippen LogP contribution in [0, 0.1) is 0 Å². The van der Waals surface area contributed by atoms with Crippen LogP contribution in [0.15, 0.2) is 5.38 Å². The highest BCUT2D eigenvalue weighted by Crippen LogP contribution is 2.15. The van der Waals surface area contributed by atoms with Crippen molar-refractivity contribution in [2.24, 2.45) is 0 Å². The molecule has 0 aliphatic rings. The molecular weight excluding hydrogens is 214 g/mol. The predicted molar refractivity (Wildman–Crippen MR) is 60.5 cm³/mol. The highest BCUT2D eigenvalue weighted by molar-refractivity contribution is 7.13. The molecule has 84 valence electrons. The van der Waals surface area contributed by atoms with Crippen LogP contribution in [0.4, 0.5) is 5.13 Å². The maximum absolute atomic E-state index is 11.1. The zero-order valence-corrected chi connectivity index (χ0v) is 9.93. The highest BCUT2D eigenvalue weighted by atomic mass is 32.1. The normalized spacial score (nSPS) is 10.4. The van der Waals surface area contributed by atoms with Crippen molar-refractivity contribution in [3.8, 4) is 0 Å². The van der Waals surface area contributed by atoms with E-state index in [9.17, 15) is 4.79 Å². The van der Waals surface area contributed by atoms with Gasteiger partial charge in [-0.15, -0.1) is 11.3 Å². The fourth-order valence-electron chi connectivity index (χ4n) is 0.940. The van der Waals surface area contributed by atoms with Crippen molar-refractivity contribution >= 4 is 22.4 Å². The van der Waals surface area contributed by atoms with Crippen LogP contribution in [0.3, 0.4) is 0 Å². The van der Waals surface area contributed by atoms with E-state index in [2.05, 4.69) is 19.9 Å². The molecular formula is C9H15N3O2S. The Balaban J connectivity index is 2.43. The van der Waals surface area contributed by atoms with Crippen LogP contribution in [0.2, 0.25) is 0 Å². The molecule has 0 saturated heterocycles. The first kappa shape index (κ1) is 11.9. The van der Waals surface area contributed by atoms with Gasteiger partial charge in [0.05, 0.1) is 7.11 Å². The van der Waals surface area contributed by atoms with Crippen molar-refractivity contribution in [2.75, 3.05) is 39.6 Å². The molecule has 1 rings (SSSR count). The standard InChI is InChI=1S/C9H15N3O2S/c1-12(2)5-4-10-9-11-7(6-15-9)8(13)14-3/h6H,4-5H2,1-3H3,(H,10,11). The monoisotopic (exact) mass is 229 g/mol. The molecule has 0 spiro atoms. The zero-order chi connectivity index (χ0) is 11.3. The van der Waals surface area contributed by atoms with Gasteiger partial charge in [0.2, 0.25) is 0 Å². The Morgan fingerprint density at radius 3 is 3.00 bits per heavy atom.